The summed E-state index contributed by atoms with van der Waals surface area (Å²) in [6.07, 6.45) is -1.45. The van der Waals surface area contributed by atoms with Gasteiger partial charge in [-0.3, -0.25) is 4.79 Å². The quantitative estimate of drug-likeness (QED) is 0.838. The highest BCUT2D eigenvalue weighted by Gasteiger charge is 2.30. The van der Waals surface area contributed by atoms with Crippen LogP contribution in [0.25, 0.3) is 6.08 Å². The van der Waals surface area contributed by atoms with Crippen molar-refractivity contribution >= 4 is 12.0 Å². The fourth-order valence-corrected chi connectivity index (χ4v) is 1.99. The van der Waals surface area contributed by atoms with Crippen molar-refractivity contribution in [1.29, 1.82) is 0 Å². The number of ether oxygens (including phenoxy) is 1. The number of rotatable bonds is 5. The minimum absolute atomic E-state index is 0.0235. The summed E-state index contributed by atoms with van der Waals surface area (Å²) in [7, 11) is 1.56. The first-order chi connectivity index (χ1) is 11.4. The van der Waals surface area contributed by atoms with Crippen LogP contribution >= 0.6 is 0 Å². The molecule has 0 bridgehead atoms. The number of halogens is 3. The van der Waals surface area contributed by atoms with Gasteiger partial charge in [0.05, 0.1) is 12.7 Å². The number of alkyl halides is 3. The molecule has 2 aromatic carbocycles. The molecule has 0 fully saturated rings. The second-order valence-electron chi connectivity index (χ2n) is 5.02. The average molecular weight is 335 g/mol. The lowest BCUT2D eigenvalue weighted by atomic mass is 10.1. The van der Waals surface area contributed by atoms with E-state index in [9.17, 15) is 18.0 Å². The Labute approximate surface area is 137 Å². The molecule has 0 saturated carbocycles. The van der Waals surface area contributed by atoms with E-state index < -0.39 is 11.7 Å². The second-order valence-corrected chi connectivity index (χ2v) is 5.02. The third kappa shape index (κ3) is 5.15. The van der Waals surface area contributed by atoms with Gasteiger partial charge in [-0.05, 0) is 41.5 Å². The highest BCUT2D eigenvalue weighted by Crippen LogP contribution is 2.29. The van der Waals surface area contributed by atoms with Crippen LogP contribution in [0.1, 0.15) is 16.7 Å². The Balaban J connectivity index is 1.92. The van der Waals surface area contributed by atoms with Gasteiger partial charge in [-0.1, -0.05) is 24.3 Å². The van der Waals surface area contributed by atoms with Crippen LogP contribution in [0.5, 0.6) is 5.75 Å². The fourth-order valence-electron chi connectivity index (χ4n) is 1.99. The van der Waals surface area contributed by atoms with Gasteiger partial charge in [-0.25, -0.2) is 0 Å². The molecule has 0 heterocycles. The molecule has 0 atom stereocenters. The Morgan fingerprint density at radius 2 is 1.88 bits per heavy atom. The van der Waals surface area contributed by atoms with E-state index in [0.717, 1.165) is 17.7 Å². The topological polar surface area (TPSA) is 38.3 Å². The van der Waals surface area contributed by atoms with Crippen molar-refractivity contribution in [2.45, 2.75) is 12.7 Å². The third-order valence-corrected chi connectivity index (χ3v) is 3.26. The number of hydrogen-bond donors (Lipinski definition) is 1. The zero-order valence-electron chi connectivity index (χ0n) is 12.9. The van der Waals surface area contributed by atoms with E-state index in [0.29, 0.717) is 11.3 Å². The van der Waals surface area contributed by atoms with Gasteiger partial charge in [0.25, 0.3) is 0 Å². The maximum Gasteiger partial charge on any atom is 0.416 e. The van der Waals surface area contributed by atoms with Crippen LogP contribution < -0.4 is 10.1 Å². The number of hydrogen-bond acceptors (Lipinski definition) is 2. The van der Waals surface area contributed by atoms with E-state index in [1.165, 1.54) is 18.2 Å². The Kier molecular flexibility index (Phi) is 5.63. The largest absolute Gasteiger partial charge is 0.497 e. The molecule has 24 heavy (non-hydrogen) atoms. The normalized spacial score (nSPS) is 11.5. The van der Waals surface area contributed by atoms with Crippen LogP contribution in [0.4, 0.5) is 13.2 Å². The van der Waals surface area contributed by atoms with Crippen molar-refractivity contribution in [2.75, 3.05) is 7.11 Å². The van der Waals surface area contributed by atoms with Gasteiger partial charge >= 0.3 is 6.18 Å². The first kappa shape index (κ1) is 17.6. The molecule has 2 rings (SSSR count). The van der Waals surface area contributed by atoms with Crippen molar-refractivity contribution in [3.8, 4) is 5.75 Å². The highest BCUT2D eigenvalue weighted by atomic mass is 19.4. The average Bonchev–Trinajstić information content (AvgIpc) is 2.58. The van der Waals surface area contributed by atoms with Crippen molar-refractivity contribution in [3.63, 3.8) is 0 Å². The minimum atomic E-state index is -4.39. The maximum absolute atomic E-state index is 12.6. The summed E-state index contributed by atoms with van der Waals surface area (Å²) in [4.78, 5) is 11.7. The molecule has 0 aliphatic heterocycles. The van der Waals surface area contributed by atoms with E-state index in [4.69, 9.17) is 4.74 Å². The lowest BCUT2D eigenvalue weighted by Gasteiger charge is -2.09. The molecule has 1 amide bonds. The number of carbonyl (C=O) groups excluding carboxylic acids is 1. The van der Waals surface area contributed by atoms with E-state index in [-0.39, 0.29) is 12.5 Å². The summed E-state index contributed by atoms with van der Waals surface area (Å²) < 4.78 is 42.9. The Bertz CT molecular complexity index is 722. The molecular weight excluding hydrogens is 319 g/mol. The Morgan fingerprint density at radius 1 is 1.17 bits per heavy atom. The molecule has 0 spiro atoms. The molecule has 2 aromatic rings. The third-order valence-electron chi connectivity index (χ3n) is 3.26. The predicted molar refractivity (Wildman–Crippen MR) is 85.3 cm³/mol. The number of benzene rings is 2. The number of methoxy groups -OCH3 is 1. The van der Waals surface area contributed by atoms with Gasteiger partial charge in [0.15, 0.2) is 0 Å². The summed E-state index contributed by atoms with van der Waals surface area (Å²) >= 11 is 0. The molecule has 1 N–H and O–H groups in total. The fraction of sp³-hybridized carbons (Fsp3) is 0.167. The van der Waals surface area contributed by atoms with E-state index in [1.54, 1.807) is 37.5 Å². The van der Waals surface area contributed by atoms with Crippen molar-refractivity contribution in [2.24, 2.45) is 0 Å². The summed E-state index contributed by atoms with van der Waals surface area (Å²) in [6.45, 7) is 0.0235. The second kappa shape index (κ2) is 7.68. The number of amides is 1. The Morgan fingerprint density at radius 3 is 2.50 bits per heavy atom. The van der Waals surface area contributed by atoms with E-state index in [2.05, 4.69) is 5.32 Å². The minimum Gasteiger partial charge on any atom is -0.497 e. The maximum atomic E-state index is 12.6. The van der Waals surface area contributed by atoms with Crippen molar-refractivity contribution in [3.05, 3.63) is 71.3 Å². The first-order valence-electron chi connectivity index (χ1n) is 7.14. The van der Waals surface area contributed by atoms with Crippen LogP contribution in [-0.4, -0.2) is 13.0 Å². The van der Waals surface area contributed by atoms with E-state index >= 15 is 0 Å². The van der Waals surface area contributed by atoms with Gasteiger partial charge in [-0.15, -0.1) is 0 Å². The van der Waals surface area contributed by atoms with Crippen molar-refractivity contribution in [1.82, 2.24) is 5.32 Å². The lowest BCUT2D eigenvalue weighted by Crippen LogP contribution is -2.20. The monoisotopic (exact) mass is 335 g/mol. The summed E-state index contributed by atoms with van der Waals surface area (Å²) in [6, 6.07) is 12.0. The van der Waals surface area contributed by atoms with Gasteiger partial charge < -0.3 is 10.1 Å². The molecule has 6 heteroatoms. The number of nitrogens with one attached hydrogen (secondary N) is 1. The summed E-state index contributed by atoms with van der Waals surface area (Å²) in [5.41, 5.74) is 0.462. The molecular formula is C18H16F3NO2. The van der Waals surface area contributed by atoms with Crippen LogP contribution in [0.15, 0.2) is 54.6 Å². The molecule has 0 saturated heterocycles. The molecule has 0 aliphatic rings. The van der Waals surface area contributed by atoms with Crippen LogP contribution in [0.3, 0.4) is 0 Å². The van der Waals surface area contributed by atoms with Gasteiger partial charge in [0.2, 0.25) is 5.91 Å². The van der Waals surface area contributed by atoms with Crippen LogP contribution in [0, 0.1) is 0 Å². The van der Waals surface area contributed by atoms with Crippen molar-refractivity contribution < 1.29 is 22.7 Å². The van der Waals surface area contributed by atoms with Gasteiger partial charge in [0.1, 0.15) is 5.75 Å². The smallest absolute Gasteiger partial charge is 0.416 e. The van der Waals surface area contributed by atoms with Gasteiger partial charge in [-0.2, -0.15) is 13.2 Å². The zero-order valence-corrected chi connectivity index (χ0v) is 12.9. The zero-order chi connectivity index (χ0) is 17.6. The summed E-state index contributed by atoms with van der Waals surface area (Å²) in [5.74, 6) is 0.323. The first-order valence-corrected chi connectivity index (χ1v) is 7.14. The molecule has 126 valence electrons. The molecule has 3 nitrogen and oxygen atoms in total. The SMILES string of the molecule is COc1ccc(/C=C/C(=O)NCc2cccc(C(F)(F)F)c2)cc1. The Hall–Kier alpha value is -2.76. The molecule has 0 unspecified atom stereocenters. The molecule has 0 radical (unpaired) electrons. The van der Waals surface area contributed by atoms with Crippen LogP contribution in [-0.2, 0) is 17.5 Å². The highest BCUT2D eigenvalue weighted by molar-refractivity contribution is 5.91. The lowest BCUT2D eigenvalue weighted by molar-refractivity contribution is -0.137. The standard InChI is InChI=1S/C18H16F3NO2/c1-24-16-8-5-13(6-9-16)7-10-17(23)22-12-14-3-2-4-15(11-14)18(19,20)21/h2-11H,12H2,1H3,(H,22,23)/b10-7+. The van der Waals surface area contributed by atoms with Gasteiger partial charge in [0, 0.05) is 12.6 Å². The predicted octanol–water partition coefficient (Wildman–Crippen LogP) is 4.04. The molecule has 0 aromatic heterocycles. The van der Waals surface area contributed by atoms with E-state index in [1.807, 2.05) is 0 Å². The summed E-state index contributed by atoms with van der Waals surface area (Å²) in [5, 5.41) is 2.55. The van der Waals surface area contributed by atoms with Crippen LogP contribution in [0.2, 0.25) is 0 Å². The molecule has 0 aliphatic carbocycles. The number of carbonyl (C=O) groups is 1.